The number of carboxylic acid groups (broad SMARTS) is 1. The largest absolute Gasteiger partial charge is 0.481 e. The normalized spacial score (nSPS) is 10.7. The number of amides is 1. The molecule has 0 aliphatic rings. The molecule has 0 rings (SSSR count). The van der Waals surface area contributed by atoms with E-state index in [0.29, 0.717) is 0 Å². The van der Waals surface area contributed by atoms with Crippen molar-refractivity contribution in [2.24, 2.45) is 0 Å². The van der Waals surface area contributed by atoms with Crippen molar-refractivity contribution in [2.75, 3.05) is 13.2 Å². The minimum atomic E-state index is -0.939. The first-order valence-electron chi connectivity index (χ1n) is 5.06. The number of carbonyl (C=O) groups is 2. The predicted octanol–water partition coefficient (Wildman–Crippen LogP) is 1.88. The number of rotatable bonds is 5. The molecule has 0 aliphatic heterocycles. The number of hydrogen-bond acceptors (Lipinski definition) is 3. The van der Waals surface area contributed by atoms with E-state index < -0.39 is 17.6 Å². The van der Waals surface area contributed by atoms with Crippen LogP contribution in [0.4, 0.5) is 4.79 Å². The van der Waals surface area contributed by atoms with Crippen LogP contribution >= 0.6 is 0 Å². The topological polar surface area (TPSA) is 66.8 Å². The van der Waals surface area contributed by atoms with Gasteiger partial charge in [0.2, 0.25) is 0 Å². The standard InChI is InChI=1S/C11H19NO4/c1-5-8-16-10(15)12(11(2,3)4)7-6-9(13)14/h5H,1,6-8H2,2-4H3,(H,13,14). The monoisotopic (exact) mass is 229 g/mol. The first kappa shape index (κ1) is 14.5. The van der Waals surface area contributed by atoms with Crippen molar-refractivity contribution < 1.29 is 19.4 Å². The van der Waals surface area contributed by atoms with Crippen molar-refractivity contribution in [1.82, 2.24) is 4.90 Å². The molecule has 0 aliphatic carbocycles. The second kappa shape index (κ2) is 6.15. The summed E-state index contributed by atoms with van der Waals surface area (Å²) in [6.07, 6.45) is 0.852. The molecule has 0 fully saturated rings. The van der Waals surface area contributed by atoms with Crippen molar-refractivity contribution in [3.05, 3.63) is 12.7 Å². The minimum Gasteiger partial charge on any atom is -0.481 e. The summed E-state index contributed by atoms with van der Waals surface area (Å²) in [5, 5.41) is 8.59. The Morgan fingerprint density at radius 2 is 2.00 bits per heavy atom. The van der Waals surface area contributed by atoms with Gasteiger partial charge in [0, 0.05) is 12.1 Å². The van der Waals surface area contributed by atoms with E-state index in [1.165, 1.54) is 11.0 Å². The van der Waals surface area contributed by atoms with Gasteiger partial charge in [-0.3, -0.25) is 4.79 Å². The quantitative estimate of drug-likeness (QED) is 0.731. The van der Waals surface area contributed by atoms with Gasteiger partial charge in [-0.25, -0.2) is 4.79 Å². The fraction of sp³-hybridized carbons (Fsp3) is 0.636. The third-order valence-electron chi connectivity index (χ3n) is 1.90. The maximum absolute atomic E-state index is 11.6. The molecule has 1 amide bonds. The van der Waals surface area contributed by atoms with Crippen LogP contribution in [0.3, 0.4) is 0 Å². The van der Waals surface area contributed by atoms with Crippen molar-refractivity contribution in [2.45, 2.75) is 32.7 Å². The van der Waals surface area contributed by atoms with Crippen LogP contribution in [-0.2, 0) is 9.53 Å². The molecule has 0 atom stereocenters. The summed E-state index contributed by atoms with van der Waals surface area (Å²) in [5.74, 6) is -0.939. The lowest BCUT2D eigenvalue weighted by Gasteiger charge is -2.34. The van der Waals surface area contributed by atoms with E-state index in [2.05, 4.69) is 6.58 Å². The number of hydrogen-bond donors (Lipinski definition) is 1. The molecule has 5 heteroatoms. The van der Waals surface area contributed by atoms with Crippen LogP contribution < -0.4 is 0 Å². The Hall–Kier alpha value is -1.52. The number of carboxylic acids is 1. The van der Waals surface area contributed by atoms with E-state index >= 15 is 0 Å². The number of carbonyl (C=O) groups excluding carboxylic acids is 1. The van der Waals surface area contributed by atoms with Crippen molar-refractivity contribution in [3.8, 4) is 0 Å². The summed E-state index contributed by atoms with van der Waals surface area (Å²) in [4.78, 5) is 23.5. The average molecular weight is 229 g/mol. The van der Waals surface area contributed by atoms with E-state index in [9.17, 15) is 9.59 Å². The van der Waals surface area contributed by atoms with Crippen LogP contribution in [0.15, 0.2) is 12.7 Å². The zero-order valence-electron chi connectivity index (χ0n) is 10.0. The Morgan fingerprint density at radius 3 is 2.38 bits per heavy atom. The van der Waals surface area contributed by atoms with E-state index in [1.54, 1.807) is 0 Å². The Bertz CT molecular complexity index is 268. The molecule has 0 heterocycles. The zero-order valence-corrected chi connectivity index (χ0v) is 10.0. The maximum atomic E-state index is 11.6. The Labute approximate surface area is 95.7 Å². The first-order chi connectivity index (χ1) is 7.29. The van der Waals surface area contributed by atoms with Gasteiger partial charge in [-0.2, -0.15) is 0 Å². The van der Waals surface area contributed by atoms with Gasteiger partial charge in [0.25, 0.3) is 0 Å². The average Bonchev–Trinajstić information content (AvgIpc) is 2.12. The van der Waals surface area contributed by atoms with E-state index in [-0.39, 0.29) is 19.6 Å². The summed E-state index contributed by atoms with van der Waals surface area (Å²) in [6, 6.07) is 0. The third-order valence-corrected chi connectivity index (χ3v) is 1.90. The minimum absolute atomic E-state index is 0.0968. The molecule has 16 heavy (non-hydrogen) atoms. The molecule has 92 valence electrons. The molecule has 5 nitrogen and oxygen atoms in total. The van der Waals surface area contributed by atoms with Gasteiger partial charge in [0.1, 0.15) is 6.61 Å². The molecular weight excluding hydrogens is 210 g/mol. The van der Waals surface area contributed by atoms with E-state index in [1.807, 2.05) is 20.8 Å². The summed E-state index contributed by atoms with van der Waals surface area (Å²) >= 11 is 0. The Morgan fingerprint density at radius 1 is 1.44 bits per heavy atom. The molecule has 0 radical (unpaired) electrons. The maximum Gasteiger partial charge on any atom is 0.410 e. The highest BCUT2D eigenvalue weighted by atomic mass is 16.6. The lowest BCUT2D eigenvalue weighted by molar-refractivity contribution is -0.137. The summed E-state index contributed by atoms with van der Waals surface area (Å²) in [6.45, 7) is 9.17. The highest BCUT2D eigenvalue weighted by molar-refractivity contribution is 5.71. The number of nitrogens with zero attached hydrogens (tertiary/aromatic N) is 1. The molecule has 0 unspecified atom stereocenters. The molecule has 1 N–H and O–H groups in total. The molecule has 0 bridgehead atoms. The highest BCUT2D eigenvalue weighted by Crippen LogP contribution is 2.15. The first-order valence-corrected chi connectivity index (χ1v) is 5.06. The Kier molecular flexibility index (Phi) is 5.56. The summed E-state index contributed by atoms with van der Waals surface area (Å²) in [5.41, 5.74) is -0.465. The SMILES string of the molecule is C=CCOC(=O)N(CCC(=O)O)C(C)(C)C. The van der Waals surface area contributed by atoms with Crippen LogP contribution in [-0.4, -0.2) is 40.8 Å². The predicted molar refractivity (Wildman–Crippen MR) is 60.3 cm³/mol. The van der Waals surface area contributed by atoms with E-state index in [0.717, 1.165) is 0 Å². The lowest BCUT2D eigenvalue weighted by atomic mass is 10.1. The smallest absolute Gasteiger partial charge is 0.410 e. The molecule has 0 spiro atoms. The number of aliphatic carboxylic acids is 1. The van der Waals surface area contributed by atoms with Gasteiger partial charge in [-0.15, -0.1) is 0 Å². The van der Waals surface area contributed by atoms with Crippen LogP contribution in [0.25, 0.3) is 0 Å². The zero-order chi connectivity index (χ0) is 12.8. The molecule has 0 saturated heterocycles. The second-order valence-electron chi connectivity index (χ2n) is 4.33. The second-order valence-corrected chi connectivity index (χ2v) is 4.33. The van der Waals surface area contributed by atoms with Crippen LogP contribution in [0.1, 0.15) is 27.2 Å². The molecular formula is C11H19NO4. The van der Waals surface area contributed by atoms with Gasteiger partial charge < -0.3 is 14.7 Å². The van der Waals surface area contributed by atoms with Crippen molar-refractivity contribution in [1.29, 1.82) is 0 Å². The molecule has 0 aromatic heterocycles. The molecule has 0 aromatic carbocycles. The fourth-order valence-electron chi connectivity index (χ4n) is 1.12. The molecule has 0 aromatic rings. The fourth-order valence-corrected chi connectivity index (χ4v) is 1.12. The highest BCUT2D eigenvalue weighted by Gasteiger charge is 2.27. The van der Waals surface area contributed by atoms with Gasteiger partial charge >= 0.3 is 12.1 Å². The van der Waals surface area contributed by atoms with Gasteiger partial charge in [0.05, 0.1) is 6.42 Å². The molecule has 0 saturated carbocycles. The van der Waals surface area contributed by atoms with Crippen LogP contribution in [0.5, 0.6) is 0 Å². The number of ether oxygens (including phenoxy) is 1. The Balaban J connectivity index is 4.48. The van der Waals surface area contributed by atoms with E-state index in [4.69, 9.17) is 9.84 Å². The van der Waals surface area contributed by atoms with Gasteiger partial charge in [-0.05, 0) is 20.8 Å². The summed E-state index contributed by atoms with van der Waals surface area (Å²) < 4.78 is 4.89. The van der Waals surface area contributed by atoms with Gasteiger partial charge in [0.15, 0.2) is 0 Å². The van der Waals surface area contributed by atoms with Crippen LogP contribution in [0, 0.1) is 0 Å². The van der Waals surface area contributed by atoms with Crippen molar-refractivity contribution >= 4 is 12.1 Å². The lowest BCUT2D eigenvalue weighted by Crippen LogP contribution is -2.46. The summed E-state index contributed by atoms with van der Waals surface area (Å²) in [7, 11) is 0. The third kappa shape index (κ3) is 5.38. The van der Waals surface area contributed by atoms with Gasteiger partial charge in [-0.1, -0.05) is 12.7 Å². The van der Waals surface area contributed by atoms with Crippen molar-refractivity contribution in [3.63, 3.8) is 0 Å². The van der Waals surface area contributed by atoms with Crippen LogP contribution in [0.2, 0.25) is 0 Å².